The lowest BCUT2D eigenvalue weighted by atomic mass is 10.2. The van der Waals surface area contributed by atoms with E-state index < -0.39 is 0 Å². The van der Waals surface area contributed by atoms with Crippen molar-refractivity contribution in [2.45, 2.75) is 6.42 Å². The molecule has 2 aliphatic rings. The highest BCUT2D eigenvalue weighted by molar-refractivity contribution is 5.96. The van der Waals surface area contributed by atoms with Gasteiger partial charge in [-0.1, -0.05) is 36.4 Å². The minimum atomic E-state index is -0.0269. The average Bonchev–Trinajstić information content (AvgIpc) is 3.24. The van der Waals surface area contributed by atoms with Crippen molar-refractivity contribution in [3.63, 3.8) is 0 Å². The number of anilines is 2. The zero-order valence-electron chi connectivity index (χ0n) is 18.2. The minimum Gasteiger partial charge on any atom is -0.373 e. The molecule has 1 fully saturated rings. The van der Waals surface area contributed by atoms with E-state index in [-0.39, 0.29) is 11.9 Å². The molecule has 2 aliphatic heterocycles. The van der Waals surface area contributed by atoms with Crippen molar-refractivity contribution in [1.82, 2.24) is 15.1 Å². The van der Waals surface area contributed by atoms with E-state index in [0.29, 0.717) is 26.2 Å². The number of piperazine rings is 1. The average molecular weight is 422 g/mol. The molecule has 0 radical (unpaired) electrons. The number of likely N-dealkylation sites (N-methyl/N-ethyl adjacent to an activating group) is 1. The fraction of sp³-hybridized carbons (Fsp3) is 0.417. The Labute approximate surface area is 184 Å². The molecule has 2 aromatic rings. The monoisotopic (exact) mass is 421 g/mol. The van der Waals surface area contributed by atoms with Gasteiger partial charge in [0.2, 0.25) is 5.91 Å². The number of amides is 3. The summed E-state index contributed by atoms with van der Waals surface area (Å²) >= 11 is 0. The summed E-state index contributed by atoms with van der Waals surface area (Å²) in [5.41, 5.74) is 3.43. The second-order valence-electron chi connectivity index (χ2n) is 8.18. The van der Waals surface area contributed by atoms with Crippen LogP contribution in [0.4, 0.5) is 16.2 Å². The highest BCUT2D eigenvalue weighted by Crippen LogP contribution is 2.27. The van der Waals surface area contributed by atoms with Gasteiger partial charge in [0.15, 0.2) is 0 Å². The van der Waals surface area contributed by atoms with E-state index in [1.807, 2.05) is 53.2 Å². The summed E-state index contributed by atoms with van der Waals surface area (Å²) in [5.74, 6) is 0.145. The summed E-state index contributed by atoms with van der Waals surface area (Å²) in [4.78, 5) is 33.3. The van der Waals surface area contributed by atoms with Crippen LogP contribution in [0.15, 0.2) is 54.6 Å². The number of rotatable bonds is 6. The molecule has 0 aromatic heterocycles. The van der Waals surface area contributed by atoms with Crippen molar-refractivity contribution in [3.8, 4) is 0 Å². The Morgan fingerprint density at radius 2 is 1.65 bits per heavy atom. The normalized spacial score (nSPS) is 16.2. The molecule has 4 rings (SSSR count). The van der Waals surface area contributed by atoms with Crippen LogP contribution in [0.2, 0.25) is 0 Å². The van der Waals surface area contributed by atoms with Gasteiger partial charge in [0.05, 0.1) is 6.54 Å². The number of fused-ring (bicyclic) bond motifs is 1. The maximum Gasteiger partial charge on any atom is 0.317 e. The van der Waals surface area contributed by atoms with Crippen LogP contribution >= 0.6 is 0 Å². The largest absolute Gasteiger partial charge is 0.373 e. The molecule has 0 unspecified atom stereocenters. The van der Waals surface area contributed by atoms with Crippen molar-refractivity contribution < 1.29 is 9.59 Å². The third-order valence-electron chi connectivity index (χ3n) is 6.13. The molecule has 164 valence electrons. The van der Waals surface area contributed by atoms with E-state index >= 15 is 0 Å². The van der Waals surface area contributed by atoms with Gasteiger partial charge < -0.3 is 20.0 Å². The van der Waals surface area contributed by atoms with Crippen LogP contribution < -0.4 is 15.1 Å². The number of hydrogen-bond donors (Lipinski definition) is 1. The SMILES string of the molecule is CN(CCNC(=O)N1CCN(CC(=O)N2CCc3ccccc32)CC1)c1ccccc1. The number of hydrogen-bond acceptors (Lipinski definition) is 4. The number of nitrogens with zero attached hydrogens (tertiary/aromatic N) is 4. The zero-order chi connectivity index (χ0) is 21.6. The number of nitrogens with one attached hydrogen (secondary N) is 1. The van der Waals surface area contributed by atoms with Crippen LogP contribution in [0.25, 0.3) is 0 Å². The van der Waals surface area contributed by atoms with Crippen LogP contribution in [-0.4, -0.2) is 81.1 Å². The Balaban J connectivity index is 1.17. The van der Waals surface area contributed by atoms with Crippen LogP contribution in [0.5, 0.6) is 0 Å². The molecule has 0 aliphatic carbocycles. The molecule has 31 heavy (non-hydrogen) atoms. The summed E-state index contributed by atoms with van der Waals surface area (Å²) in [5, 5.41) is 3.02. The van der Waals surface area contributed by atoms with E-state index in [1.54, 1.807) is 0 Å². The van der Waals surface area contributed by atoms with Crippen molar-refractivity contribution in [3.05, 3.63) is 60.2 Å². The first-order chi connectivity index (χ1) is 15.1. The predicted octanol–water partition coefficient (Wildman–Crippen LogP) is 2.04. The summed E-state index contributed by atoms with van der Waals surface area (Å²) in [6.07, 6.45) is 0.926. The number of carbonyl (C=O) groups is 2. The first-order valence-corrected chi connectivity index (χ1v) is 11.0. The number of para-hydroxylation sites is 2. The third-order valence-corrected chi connectivity index (χ3v) is 6.13. The summed E-state index contributed by atoms with van der Waals surface area (Å²) in [6.45, 7) is 5.24. The van der Waals surface area contributed by atoms with Gasteiger partial charge in [0.1, 0.15) is 0 Å². The summed E-state index contributed by atoms with van der Waals surface area (Å²) in [6, 6.07) is 18.2. The quantitative estimate of drug-likeness (QED) is 0.776. The predicted molar refractivity (Wildman–Crippen MR) is 124 cm³/mol. The molecule has 2 heterocycles. The van der Waals surface area contributed by atoms with Crippen LogP contribution in [0.3, 0.4) is 0 Å². The van der Waals surface area contributed by atoms with E-state index in [2.05, 4.69) is 33.3 Å². The second kappa shape index (κ2) is 9.83. The lowest BCUT2D eigenvalue weighted by molar-refractivity contribution is -0.120. The number of benzene rings is 2. The van der Waals surface area contributed by atoms with Gasteiger partial charge in [-0.25, -0.2) is 4.79 Å². The molecule has 0 spiro atoms. The maximum atomic E-state index is 12.8. The van der Waals surface area contributed by atoms with Crippen LogP contribution in [0, 0.1) is 0 Å². The van der Waals surface area contributed by atoms with E-state index in [0.717, 1.165) is 44.0 Å². The molecular formula is C24H31N5O2. The van der Waals surface area contributed by atoms with E-state index in [9.17, 15) is 9.59 Å². The molecule has 0 saturated carbocycles. The van der Waals surface area contributed by atoms with E-state index in [4.69, 9.17) is 0 Å². The number of carbonyl (C=O) groups excluding carboxylic acids is 2. The Morgan fingerprint density at radius 3 is 2.42 bits per heavy atom. The Kier molecular flexibility index (Phi) is 6.72. The van der Waals surface area contributed by atoms with Crippen LogP contribution in [0.1, 0.15) is 5.56 Å². The molecule has 7 nitrogen and oxygen atoms in total. The van der Waals surface area contributed by atoms with Gasteiger partial charge in [-0.3, -0.25) is 9.69 Å². The van der Waals surface area contributed by atoms with Crippen LogP contribution in [-0.2, 0) is 11.2 Å². The summed E-state index contributed by atoms with van der Waals surface area (Å²) < 4.78 is 0. The lowest BCUT2D eigenvalue weighted by Gasteiger charge is -2.35. The molecule has 1 N–H and O–H groups in total. The standard InChI is InChI=1S/C24H31N5O2/c1-26(21-8-3-2-4-9-21)14-12-25-24(31)28-17-15-27(16-18-28)19-23(30)29-13-11-20-7-5-6-10-22(20)29/h2-10H,11-19H2,1H3,(H,25,31). The Bertz CT molecular complexity index is 896. The highest BCUT2D eigenvalue weighted by Gasteiger charge is 2.27. The van der Waals surface area contributed by atoms with Crippen molar-refractivity contribution in [1.29, 1.82) is 0 Å². The van der Waals surface area contributed by atoms with Gasteiger partial charge in [-0.05, 0) is 30.2 Å². The van der Waals surface area contributed by atoms with Gasteiger partial charge in [0.25, 0.3) is 0 Å². The van der Waals surface area contributed by atoms with Crippen molar-refractivity contribution >= 4 is 23.3 Å². The molecule has 7 heteroatoms. The minimum absolute atomic E-state index is 0.0269. The molecule has 1 saturated heterocycles. The first-order valence-electron chi connectivity index (χ1n) is 11.0. The fourth-order valence-electron chi connectivity index (χ4n) is 4.24. The molecule has 3 amide bonds. The van der Waals surface area contributed by atoms with Gasteiger partial charge >= 0.3 is 6.03 Å². The topological polar surface area (TPSA) is 59.1 Å². The zero-order valence-corrected chi connectivity index (χ0v) is 18.2. The molecule has 0 atom stereocenters. The van der Waals surface area contributed by atoms with Crippen molar-refractivity contribution in [2.24, 2.45) is 0 Å². The Morgan fingerprint density at radius 1 is 0.935 bits per heavy atom. The Hall–Kier alpha value is -3.06. The smallest absolute Gasteiger partial charge is 0.317 e. The second-order valence-corrected chi connectivity index (χ2v) is 8.18. The number of urea groups is 1. The first kappa shape index (κ1) is 21.2. The fourth-order valence-corrected chi connectivity index (χ4v) is 4.24. The van der Waals surface area contributed by atoms with Gasteiger partial charge in [-0.15, -0.1) is 0 Å². The molecule has 2 aromatic carbocycles. The lowest BCUT2D eigenvalue weighted by Crippen LogP contribution is -2.54. The maximum absolute atomic E-state index is 12.8. The third kappa shape index (κ3) is 5.17. The van der Waals surface area contributed by atoms with Crippen molar-refractivity contribution in [2.75, 3.05) is 69.2 Å². The molecule has 0 bridgehead atoms. The highest BCUT2D eigenvalue weighted by atomic mass is 16.2. The molecular weight excluding hydrogens is 390 g/mol. The van der Waals surface area contributed by atoms with Gasteiger partial charge in [0, 0.05) is 64.2 Å². The van der Waals surface area contributed by atoms with Gasteiger partial charge in [-0.2, -0.15) is 0 Å². The van der Waals surface area contributed by atoms with E-state index in [1.165, 1.54) is 5.56 Å². The summed E-state index contributed by atoms with van der Waals surface area (Å²) in [7, 11) is 2.02.